The van der Waals surface area contributed by atoms with E-state index >= 15 is 0 Å². The van der Waals surface area contributed by atoms with Gasteiger partial charge in [-0.3, -0.25) is 14.6 Å². The second-order valence-electron chi connectivity index (χ2n) is 3.32. The molecule has 2 N–H and O–H groups in total. The smallest absolute Gasteiger partial charge is 0.295 e. The van der Waals surface area contributed by atoms with Crippen molar-refractivity contribution in [3.05, 3.63) is 24.0 Å². The van der Waals surface area contributed by atoms with Crippen LogP contribution in [-0.4, -0.2) is 30.9 Å². The molecule has 0 radical (unpaired) electrons. The number of H-pyrrole nitrogens is 1. The summed E-state index contributed by atoms with van der Waals surface area (Å²) >= 11 is 0. The van der Waals surface area contributed by atoms with Gasteiger partial charge in [0.15, 0.2) is 0 Å². The first-order chi connectivity index (χ1) is 7.69. The second kappa shape index (κ2) is 4.13. The third-order valence-corrected chi connectivity index (χ3v) is 2.03. The number of rotatable bonds is 3. The Balaban J connectivity index is 2.08. The highest BCUT2D eigenvalue weighted by Gasteiger charge is 2.12. The fourth-order valence-corrected chi connectivity index (χ4v) is 1.23. The zero-order valence-electron chi connectivity index (χ0n) is 9.06. The molecule has 2 aromatic heterocycles. The molecule has 0 saturated carbocycles. The quantitative estimate of drug-likeness (QED) is 0.781. The number of nitrogens with one attached hydrogen (secondary N) is 2. The second-order valence-corrected chi connectivity index (χ2v) is 3.32. The van der Waals surface area contributed by atoms with Crippen LogP contribution in [0, 0.1) is 0 Å². The third-order valence-electron chi connectivity index (χ3n) is 2.03. The standard InChI is InChI=1S/C9H12N6O/c1-3-7-12-8(14-13-7)9(16)11-6-4-10-15(2)5-6/h4-5H,3H2,1-2H3,(H,11,16)(H,12,13,14). The summed E-state index contributed by atoms with van der Waals surface area (Å²) in [6.45, 7) is 1.93. The van der Waals surface area contributed by atoms with Gasteiger partial charge < -0.3 is 5.32 Å². The number of nitrogens with zero attached hydrogens (tertiary/aromatic N) is 4. The number of aryl methyl sites for hydroxylation is 2. The van der Waals surface area contributed by atoms with Crippen LogP contribution in [0.25, 0.3) is 0 Å². The van der Waals surface area contributed by atoms with Crippen molar-refractivity contribution in [1.29, 1.82) is 0 Å². The van der Waals surface area contributed by atoms with E-state index in [2.05, 4.69) is 25.6 Å². The molecular formula is C9H12N6O. The van der Waals surface area contributed by atoms with Crippen molar-refractivity contribution in [2.24, 2.45) is 7.05 Å². The van der Waals surface area contributed by atoms with Crippen LogP contribution < -0.4 is 5.32 Å². The van der Waals surface area contributed by atoms with Crippen LogP contribution in [0.4, 0.5) is 5.69 Å². The minimum atomic E-state index is -0.344. The van der Waals surface area contributed by atoms with E-state index in [4.69, 9.17) is 0 Å². The van der Waals surface area contributed by atoms with Crippen LogP contribution in [0.5, 0.6) is 0 Å². The zero-order chi connectivity index (χ0) is 11.5. The minimum Gasteiger partial charge on any atom is -0.316 e. The highest BCUT2D eigenvalue weighted by molar-refractivity contribution is 6.01. The van der Waals surface area contributed by atoms with E-state index in [9.17, 15) is 4.79 Å². The molecule has 0 atom stereocenters. The summed E-state index contributed by atoms with van der Waals surface area (Å²) in [5.74, 6) is 0.487. The molecule has 2 rings (SSSR count). The molecule has 0 fully saturated rings. The number of hydrogen-bond donors (Lipinski definition) is 2. The molecule has 0 unspecified atom stereocenters. The molecular weight excluding hydrogens is 208 g/mol. The first kappa shape index (κ1) is 10.3. The van der Waals surface area contributed by atoms with Gasteiger partial charge in [-0.2, -0.15) is 5.10 Å². The molecule has 84 valence electrons. The lowest BCUT2D eigenvalue weighted by Gasteiger charge is -1.96. The molecule has 16 heavy (non-hydrogen) atoms. The fourth-order valence-electron chi connectivity index (χ4n) is 1.23. The zero-order valence-corrected chi connectivity index (χ0v) is 9.06. The van der Waals surface area contributed by atoms with Crippen molar-refractivity contribution in [3.63, 3.8) is 0 Å². The Bertz CT molecular complexity index is 500. The Hall–Kier alpha value is -2.18. The average Bonchev–Trinajstić information content (AvgIpc) is 2.87. The number of carbonyl (C=O) groups excluding carboxylic acids is 1. The highest BCUT2D eigenvalue weighted by atomic mass is 16.2. The Morgan fingerprint density at radius 3 is 3.00 bits per heavy atom. The summed E-state index contributed by atoms with van der Waals surface area (Å²) in [6, 6.07) is 0. The summed E-state index contributed by atoms with van der Waals surface area (Å²) < 4.78 is 1.60. The van der Waals surface area contributed by atoms with Crippen molar-refractivity contribution in [2.75, 3.05) is 5.32 Å². The molecule has 0 spiro atoms. The summed E-state index contributed by atoms with van der Waals surface area (Å²) in [7, 11) is 1.78. The number of hydrogen-bond acceptors (Lipinski definition) is 4. The van der Waals surface area contributed by atoms with E-state index < -0.39 is 0 Å². The van der Waals surface area contributed by atoms with Gasteiger partial charge in [0.05, 0.1) is 11.9 Å². The van der Waals surface area contributed by atoms with Gasteiger partial charge in [0, 0.05) is 19.7 Å². The SMILES string of the molecule is CCc1nc(C(=O)Nc2cnn(C)c2)n[nH]1. The maximum absolute atomic E-state index is 11.7. The molecule has 0 aliphatic heterocycles. The number of carbonyl (C=O) groups is 1. The van der Waals surface area contributed by atoms with Crippen molar-refractivity contribution >= 4 is 11.6 Å². The highest BCUT2D eigenvalue weighted by Crippen LogP contribution is 2.05. The van der Waals surface area contributed by atoms with E-state index in [0.29, 0.717) is 17.9 Å². The Kier molecular flexibility index (Phi) is 2.67. The molecule has 0 saturated heterocycles. The van der Waals surface area contributed by atoms with Gasteiger partial charge in [0.25, 0.3) is 5.91 Å². The predicted octanol–water partition coefficient (Wildman–Crippen LogP) is 0.353. The van der Waals surface area contributed by atoms with Crippen molar-refractivity contribution in [2.45, 2.75) is 13.3 Å². The van der Waals surface area contributed by atoms with Gasteiger partial charge >= 0.3 is 0 Å². The summed E-state index contributed by atoms with van der Waals surface area (Å²) in [5.41, 5.74) is 0.621. The van der Waals surface area contributed by atoms with Gasteiger partial charge in [-0.05, 0) is 0 Å². The van der Waals surface area contributed by atoms with Gasteiger partial charge in [-0.15, -0.1) is 5.10 Å². The number of anilines is 1. The van der Waals surface area contributed by atoms with Crippen LogP contribution in [-0.2, 0) is 13.5 Å². The topological polar surface area (TPSA) is 88.5 Å². The predicted molar refractivity (Wildman–Crippen MR) is 56.9 cm³/mol. The van der Waals surface area contributed by atoms with E-state index in [1.165, 1.54) is 0 Å². The largest absolute Gasteiger partial charge is 0.316 e. The number of amides is 1. The minimum absolute atomic E-state index is 0.140. The van der Waals surface area contributed by atoms with Crippen molar-refractivity contribution < 1.29 is 4.79 Å². The molecule has 0 aliphatic rings. The molecule has 7 heteroatoms. The average molecular weight is 220 g/mol. The Labute approximate surface area is 91.9 Å². The summed E-state index contributed by atoms with van der Waals surface area (Å²) in [4.78, 5) is 15.7. The van der Waals surface area contributed by atoms with E-state index in [-0.39, 0.29) is 11.7 Å². The van der Waals surface area contributed by atoms with Gasteiger partial charge in [-0.25, -0.2) is 4.98 Å². The molecule has 0 aliphatic carbocycles. The summed E-state index contributed by atoms with van der Waals surface area (Å²) in [6.07, 6.45) is 3.98. The van der Waals surface area contributed by atoms with Crippen LogP contribution in [0.3, 0.4) is 0 Å². The molecule has 0 bridgehead atoms. The molecule has 1 amide bonds. The van der Waals surface area contributed by atoms with E-state index in [1.54, 1.807) is 24.1 Å². The lowest BCUT2D eigenvalue weighted by Crippen LogP contribution is -2.13. The molecule has 7 nitrogen and oxygen atoms in total. The van der Waals surface area contributed by atoms with Crippen molar-refractivity contribution in [1.82, 2.24) is 25.0 Å². The molecule has 0 aromatic carbocycles. The lowest BCUT2D eigenvalue weighted by atomic mass is 10.4. The molecule has 2 aromatic rings. The van der Waals surface area contributed by atoms with Crippen LogP contribution in [0.1, 0.15) is 23.4 Å². The number of aromatic amines is 1. The van der Waals surface area contributed by atoms with Gasteiger partial charge in [0.1, 0.15) is 5.82 Å². The normalized spacial score (nSPS) is 10.4. The van der Waals surface area contributed by atoms with Crippen LogP contribution >= 0.6 is 0 Å². The monoisotopic (exact) mass is 220 g/mol. The van der Waals surface area contributed by atoms with Crippen LogP contribution in [0.2, 0.25) is 0 Å². The van der Waals surface area contributed by atoms with E-state index in [1.807, 2.05) is 6.92 Å². The first-order valence-electron chi connectivity index (χ1n) is 4.90. The third kappa shape index (κ3) is 2.08. The maximum Gasteiger partial charge on any atom is 0.295 e. The van der Waals surface area contributed by atoms with Crippen molar-refractivity contribution in [3.8, 4) is 0 Å². The first-order valence-corrected chi connectivity index (χ1v) is 4.90. The Morgan fingerprint density at radius 1 is 1.62 bits per heavy atom. The summed E-state index contributed by atoms with van der Waals surface area (Å²) in [5, 5.41) is 13.1. The maximum atomic E-state index is 11.7. The lowest BCUT2D eigenvalue weighted by molar-refractivity contribution is 0.101. The molecule has 2 heterocycles. The number of aromatic nitrogens is 5. The Morgan fingerprint density at radius 2 is 2.44 bits per heavy atom. The van der Waals surface area contributed by atoms with E-state index in [0.717, 1.165) is 0 Å². The van der Waals surface area contributed by atoms with Crippen LogP contribution in [0.15, 0.2) is 12.4 Å². The van der Waals surface area contributed by atoms with Gasteiger partial charge in [-0.1, -0.05) is 6.92 Å². The van der Waals surface area contributed by atoms with Gasteiger partial charge in [0.2, 0.25) is 5.82 Å². The fraction of sp³-hybridized carbons (Fsp3) is 0.333.